The van der Waals surface area contributed by atoms with E-state index in [9.17, 15) is 9.59 Å². The minimum atomic E-state index is -0.469. The van der Waals surface area contributed by atoms with Gasteiger partial charge in [0, 0.05) is 23.9 Å². The summed E-state index contributed by atoms with van der Waals surface area (Å²) in [6, 6.07) is 20.2. The van der Waals surface area contributed by atoms with Gasteiger partial charge < -0.3 is 14.8 Å². The summed E-state index contributed by atoms with van der Waals surface area (Å²) in [5.41, 5.74) is 2.84. The molecule has 0 spiro atoms. The second-order valence-corrected chi connectivity index (χ2v) is 8.99. The summed E-state index contributed by atoms with van der Waals surface area (Å²) in [6.07, 6.45) is 3.77. The number of rotatable bonds is 9. The van der Waals surface area contributed by atoms with Gasteiger partial charge in [0.15, 0.2) is 0 Å². The van der Waals surface area contributed by atoms with Gasteiger partial charge in [-0.05, 0) is 72.9 Å². The van der Waals surface area contributed by atoms with Crippen LogP contribution in [-0.2, 0) is 13.1 Å². The lowest BCUT2D eigenvalue weighted by Crippen LogP contribution is -2.36. The zero-order valence-electron chi connectivity index (χ0n) is 20.8. The van der Waals surface area contributed by atoms with Crippen molar-refractivity contribution >= 4 is 5.91 Å². The molecule has 4 aromatic rings. The molecule has 2 heterocycles. The molecule has 0 aliphatic heterocycles. The third-order valence-electron chi connectivity index (χ3n) is 6.41. The smallest absolute Gasteiger partial charge is 0.280 e. The molecule has 8 nitrogen and oxygen atoms in total. The van der Waals surface area contributed by atoms with Gasteiger partial charge in [0.25, 0.3) is 11.5 Å². The largest absolute Gasteiger partial charge is 0.497 e. The zero-order chi connectivity index (χ0) is 25.8. The Labute approximate surface area is 214 Å². The maximum absolute atomic E-state index is 13.8. The molecule has 1 saturated carbocycles. The van der Waals surface area contributed by atoms with Crippen molar-refractivity contribution in [2.45, 2.75) is 25.9 Å². The van der Waals surface area contributed by atoms with E-state index in [1.807, 2.05) is 54.6 Å². The predicted octanol–water partition coefficient (Wildman–Crippen LogP) is 4.33. The molecule has 1 amide bonds. The number of hydrogen-bond donors (Lipinski definition) is 1. The molecular formula is C29H28N4O4. The molecule has 0 atom stereocenters. The summed E-state index contributed by atoms with van der Waals surface area (Å²) in [7, 11) is 3.20. The first-order valence-corrected chi connectivity index (χ1v) is 12.2. The Morgan fingerprint density at radius 3 is 2.16 bits per heavy atom. The normalized spacial score (nSPS) is 12.7. The van der Waals surface area contributed by atoms with Crippen LogP contribution in [0.5, 0.6) is 11.5 Å². The Balaban J connectivity index is 1.68. The number of carbonyl (C=O) groups excluding carboxylic acids is 1. The van der Waals surface area contributed by atoms with Crippen molar-refractivity contribution in [3.63, 3.8) is 0 Å². The minimum Gasteiger partial charge on any atom is -0.497 e. The highest BCUT2D eigenvalue weighted by atomic mass is 16.5. The van der Waals surface area contributed by atoms with Crippen LogP contribution in [0.1, 0.15) is 28.9 Å². The zero-order valence-corrected chi connectivity index (χ0v) is 20.8. The fourth-order valence-electron chi connectivity index (χ4n) is 4.20. The highest BCUT2D eigenvalue weighted by Gasteiger charge is 2.28. The van der Waals surface area contributed by atoms with E-state index >= 15 is 0 Å². The quantitative estimate of drug-likeness (QED) is 0.371. The Morgan fingerprint density at radius 1 is 0.946 bits per heavy atom. The first kappa shape index (κ1) is 24.2. The maximum atomic E-state index is 13.8. The lowest BCUT2D eigenvalue weighted by molar-refractivity contribution is 0.0948. The van der Waals surface area contributed by atoms with Gasteiger partial charge in [-0.1, -0.05) is 18.2 Å². The summed E-state index contributed by atoms with van der Waals surface area (Å²) < 4.78 is 12.1. The molecule has 1 aliphatic rings. The molecule has 0 unspecified atom stereocenters. The molecule has 0 saturated heterocycles. The summed E-state index contributed by atoms with van der Waals surface area (Å²) in [4.78, 5) is 31.7. The van der Waals surface area contributed by atoms with Gasteiger partial charge in [-0.25, -0.2) is 4.68 Å². The van der Waals surface area contributed by atoms with Crippen molar-refractivity contribution in [2.75, 3.05) is 14.2 Å². The van der Waals surface area contributed by atoms with E-state index < -0.39 is 11.5 Å². The van der Waals surface area contributed by atoms with E-state index in [0.717, 1.165) is 18.4 Å². The van der Waals surface area contributed by atoms with Gasteiger partial charge in [-0.3, -0.25) is 14.6 Å². The number of nitrogens with zero attached hydrogens (tertiary/aromatic N) is 3. The molecule has 2 aromatic heterocycles. The van der Waals surface area contributed by atoms with Gasteiger partial charge in [-0.2, -0.15) is 5.10 Å². The third kappa shape index (κ3) is 5.38. The monoisotopic (exact) mass is 496 g/mol. The van der Waals surface area contributed by atoms with Gasteiger partial charge >= 0.3 is 0 Å². The average molecular weight is 497 g/mol. The van der Waals surface area contributed by atoms with Crippen LogP contribution in [-0.4, -0.2) is 34.9 Å². The SMILES string of the molecule is COc1ccc(-c2nn(CC3CC3)c(=O)c(C(=O)NCc3ccccn3)c2-c2ccc(OC)cc2)cc1. The van der Waals surface area contributed by atoms with Gasteiger partial charge in [0.2, 0.25) is 0 Å². The molecule has 0 radical (unpaired) electrons. The molecular weight excluding hydrogens is 468 g/mol. The molecule has 1 N–H and O–H groups in total. The lowest BCUT2D eigenvalue weighted by atomic mass is 9.95. The molecule has 2 aromatic carbocycles. The second kappa shape index (κ2) is 10.7. The number of benzene rings is 2. The van der Waals surface area contributed by atoms with E-state index in [4.69, 9.17) is 14.6 Å². The maximum Gasteiger partial charge on any atom is 0.280 e. The highest BCUT2D eigenvalue weighted by molar-refractivity contribution is 6.03. The van der Waals surface area contributed by atoms with Crippen molar-refractivity contribution in [3.8, 4) is 33.9 Å². The van der Waals surface area contributed by atoms with Gasteiger partial charge in [-0.15, -0.1) is 0 Å². The number of ether oxygens (including phenoxy) is 2. The van der Waals surface area contributed by atoms with Crippen molar-refractivity contribution in [2.24, 2.45) is 5.92 Å². The Bertz CT molecular complexity index is 1440. The number of amides is 1. The summed E-state index contributed by atoms with van der Waals surface area (Å²) in [5, 5.41) is 7.69. The van der Waals surface area contributed by atoms with E-state index in [2.05, 4.69) is 10.3 Å². The Kier molecular flexibility index (Phi) is 6.98. The summed E-state index contributed by atoms with van der Waals surface area (Å²) >= 11 is 0. The van der Waals surface area contributed by atoms with Crippen LogP contribution in [0.4, 0.5) is 0 Å². The van der Waals surface area contributed by atoms with Crippen molar-refractivity contribution < 1.29 is 14.3 Å². The molecule has 1 fully saturated rings. The van der Waals surface area contributed by atoms with Crippen LogP contribution >= 0.6 is 0 Å². The molecule has 5 rings (SSSR count). The van der Waals surface area contributed by atoms with Crippen LogP contribution in [0.3, 0.4) is 0 Å². The fraction of sp³-hybridized carbons (Fsp3) is 0.241. The second-order valence-electron chi connectivity index (χ2n) is 8.99. The predicted molar refractivity (Wildman–Crippen MR) is 141 cm³/mol. The topological polar surface area (TPSA) is 95.3 Å². The van der Waals surface area contributed by atoms with E-state index in [0.29, 0.717) is 46.5 Å². The molecule has 1 aliphatic carbocycles. The number of pyridine rings is 1. The molecule has 0 bridgehead atoms. The van der Waals surface area contributed by atoms with Crippen molar-refractivity contribution in [3.05, 3.63) is 94.5 Å². The Morgan fingerprint density at radius 2 is 1.59 bits per heavy atom. The van der Waals surface area contributed by atoms with E-state index in [1.54, 1.807) is 32.5 Å². The molecule has 188 valence electrons. The van der Waals surface area contributed by atoms with Crippen LogP contribution in [0, 0.1) is 5.92 Å². The van der Waals surface area contributed by atoms with Crippen LogP contribution in [0.2, 0.25) is 0 Å². The van der Waals surface area contributed by atoms with E-state index in [1.165, 1.54) is 4.68 Å². The minimum absolute atomic E-state index is 0.0579. The van der Waals surface area contributed by atoms with Gasteiger partial charge in [0.1, 0.15) is 17.1 Å². The van der Waals surface area contributed by atoms with Crippen LogP contribution in [0.15, 0.2) is 77.7 Å². The van der Waals surface area contributed by atoms with Crippen LogP contribution < -0.4 is 20.3 Å². The highest BCUT2D eigenvalue weighted by Crippen LogP contribution is 2.35. The lowest BCUT2D eigenvalue weighted by Gasteiger charge is -2.18. The van der Waals surface area contributed by atoms with Gasteiger partial charge in [0.05, 0.1) is 32.2 Å². The standard InChI is InChI=1S/C29H28N4O4/c1-36-23-12-8-20(9-13-23)25-26(28(34)31-17-22-5-3-4-16-30-22)29(35)33(18-19-6-7-19)32-27(25)21-10-14-24(37-2)15-11-21/h3-5,8-16,19H,6-7,17-18H2,1-2H3,(H,31,34). The fourth-order valence-corrected chi connectivity index (χ4v) is 4.20. The summed E-state index contributed by atoms with van der Waals surface area (Å²) in [5.74, 6) is 1.30. The van der Waals surface area contributed by atoms with Crippen LogP contribution in [0.25, 0.3) is 22.4 Å². The number of aromatic nitrogens is 3. The average Bonchev–Trinajstić information content (AvgIpc) is 3.77. The Hall–Kier alpha value is -4.46. The first-order valence-electron chi connectivity index (χ1n) is 12.2. The summed E-state index contributed by atoms with van der Waals surface area (Å²) in [6.45, 7) is 0.676. The third-order valence-corrected chi connectivity index (χ3v) is 6.41. The first-order chi connectivity index (χ1) is 18.1. The van der Waals surface area contributed by atoms with Crippen molar-refractivity contribution in [1.82, 2.24) is 20.1 Å². The van der Waals surface area contributed by atoms with E-state index in [-0.39, 0.29) is 12.1 Å². The van der Waals surface area contributed by atoms with Crippen molar-refractivity contribution in [1.29, 1.82) is 0 Å². The molecule has 37 heavy (non-hydrogen) atoms. The number of nitrogens with one attached hydrogen (secondary N) is 1. The number of hydrogen-bond acceptors (Lipinski definition) is 6. The molecule has 8 heteroatoms. The number of methoxy groups -OCH3 is 2. The number of carbonyl (C=O) groups is 1.